The number of carbonyl (C=O) groups excluding carboxylic acids is 1. The molecule has 0 aliphatic heterocycles. The molecular formula is C21H23N3O. The monoisotopic (exact) mass is 333 g/mol. The molecule has 2 N–H and O–H groups in total. The normalized spacial score (nSPS) is 10.8. The van der Waals surface area contributed by atoms with Gasteiger partial charge in [-0.1, -0.05) is 43.3 Å². The predicted octanol–water partition coefficient (Wildman–Crippen LogP) is 3.66. The van der Waals surface area contributed by atoms with Gasteiger partial charge in [0.2, 0.25) is 0 Å². The highest BCUT2D eigenvalue weighted by Gasteiger charge is 2.06. The SMILES string of the molecule is CCCNC(=O)c1cccc(CNCc2cccc3cccnc23)c1. The van der Waals surface area contributed by atoms with Crippen molar-refractivity contribution in [1.82, 2.24) is 15.6 Å². The second-order valence-electron chi connectivity index (χ2n) is 6.05. The van der Waals surface area contributed by atoms with Crippen LogP contribution < -0.4 is 10.6 Å². The minimum absolute atomic E-state index is 0.0121. The minimum atomic E-state index is -0.0121. The summed E-state index contributed by atoms with van der Waals surface area (Å²) in [5.41, 5.74) is 4.01. The van der Waals surface area contributed by atoms with E-state index >= 15 is 0 Å². The number of fused-ring (bicyclic) bond motifs is 1. The Labute approximate surface area is 148 Å². The first kappa shape index (κ1) is 17.1. The van der Waals surface area contributed by atoms with E-state index in [0.29, 0.717) is 18.7 Å². The highest BCUT2D eigenvalue weighted by molar-refractivity contribution is 5.94. The molecule has 1 heterocycles. The number of nitrogens with one attached hydrogen (secondary N) is 2. The minimum Gasteiger partial charge on any atom is -0.352 e. The van der Waals surface area contributed by atoms with Crippen molar-refractivity contribution in [3.05, 3.63) is 77.5 Å². The van der Waals surface area contributed by atoms with E-state index in [1.807, 2.05) is 43.5 Å². The standard InChI is InChI=1S/C21H23N3O/c1-2-11-24-21(25)18-8-3-6-16(13-18)14-22-15-19-9-4-7-17-10-5-12-23-20(17)19/h3-10,12-13,22H,2,11,14-15H2,1H3,(H,24,25). The van der Waals surface area contributed by atoms with Crippen LogP contribution in [0.3, 0.4) is 0 Å². The van der Waals surface area contributed by atoms with Gasteiger partial charge in [0.15, 0.2) is 0 Å². The highest BCUT2D eigenvalue weighted by atomic mass is 16.1. The lowest BCUT2D eigenvalue weighted by Gasteiger charge is -2.09. The molecule has 4 heteroatoms. The Kier molecular flexibility index (Phi) is 5.75. The number of nitrogens with zero attached hydrogens (tertiary/aromatic N) is 1. The van der Waals surface area contributed by atoms with Gasteiger partial charge in [0.25, 0.3) is 5.91 Å². The molecule has 3 rings (SSSR count). The second-order valence-corrected chi connectivity index (χ2v) is 6.05. The summed E-state index contributed by atoms with van der Waals surface area (Å²) < 4.78 is 0. The van der Waals surface area contributed by atoms with Crippen LogP contribution in [0.2, 0.25) is 0 Å². The van der Waals surface area contributed by atoms with Gasteiger partial charge in [-0.3, -0.25) is 9.78 Å². The molecule has 0 radical (unpaired) electrons. The Hall–Kier alpha value is -2.72. The van der Waals surface area contributed by atoms with Crippen molar-refractivity contribution in [2.45, 2.75) is 26.4 Å². The van der Waals surface area contributed by atoms with Crippen LogP contribution in [-0.2, 0) is 13.1 Å². The fourth-order valence-corrected chi connectivity index (χ4v) is 2.81. The molecule has 0 unspecified atom stereocenters. The van der Waals surface area contributed by atoms with Gasteiger partial charge in [-0.05, 0) is 35.7 Å². The van der Waals surface area contributed by atoms with E-state index in [4.69, 9.17) is 0 Å². The Morgan fingerprint density at radius 3 is 2.76 bits per heavy atom. The molecular weight excluding hydrogens is 310 g/mol. The van der Waals surface area contributed by atoms with Gasteiger partial charge in [-0.15, -0.1) is 0 Å². The van der Waals surface area contributed by atoms with Gasteiger partial charge in [0, 0.05) is 36.8 Å². The molecule has 0 spiro atoms. The smallest absolute Gasteiger partial charge is 0.251 e. The quantitative estimate of drug-likeness (QED) is 0.694. The maximum atomic E-state index is 12.1. The number of rotatable bonds is 7. The van der Waals surface area contributed by atoms with E-state index in [-0.39, 0.29) is 5.91 Å². The van der Waals surface area contributed by atoms with Gasteiger partial charge in [-0.25, -0.2) is 0 Å². The molecule has 0 atom stereocenters. The van der Waals surface area contributed by atoms with Crippen molar-refractivity contribution in [3.63, 3.8) is 0 Å². The highest BCUT2D eigenvalue weighted by Crippen LogP contribution is 2.15. The third-order valence-corrected chi connectivity index (χ3v) is 4.09. The van der Waals surface area contributed by atoms with Crippen molar-refractivity contribution >= 4 is 16.8 Å². The zero-order chi connectivity index (χ0) is 17.5. The molecule has 1 amide bonds. The van der Waals surface area contributed by atoms with Crippen LogP contribution in [0.4, 0.5) is 0 Å². The third-order valence-electron chi connectivity index (χ3n) is 4.09. The van der Waals surface area contributed by atoms with Crippen LogP contribution in [0, 0.1) is 0 Å². The molecule has 1 aromatic heterocycles. The lowest BCUT2D eigenvalue weighted by Crippen LogP contribution is -2.24. The van der Waals surface area contributed by atoms with Crippen molar-refractivity contribution in [3.8, 4) is 0 Å². The topological polar surface area (TPSA) is 54.0 Å². The summed E-state index contributed by atoms with van der Waals surface area (Å²) in [4.78, 5) is 16.5. The van der Waals surface area contributed by atoms with E-state index in [1.54, 1.807) is 0 Å². The molecule has 4 nitrogen and oxygen atoms in total. The molecule has 2 aromatic carbocycles. The number of para-hydroxylation sites is 1. The number of pyridine rings is 1. The average Bonchev–Trinajstić information content (AvgIpc) is 2.66. The number of amides is 1. The Morgan fingerprint density at radius 1 is 1.04 bits per heavy atom. The van der Waals surface area contributed by atoms with Gasteiger partial charge in [0.05, 0.1) is 5.52 Å². The van der Waals surface area contributed by atoms with E-state index in [9.17, 15) is 4.79 Å². The first-order chi connectivity index (χ1) is 12.3. The zero-order valence-corrected chi connectivity index (χ0v) is 14.5. The van der Waals surface area contributed by atoms with E-state index in [2.05, 4.69) is 39.9 Å². The fraction of sp³-hybridized carbons (Fsp3) is 0.238. The Balaban J connectivity index is 1.63. The molecule has 0 aliphatic carbocycles. The Morgan fingerprint density at radius 2 is 1.88 bits per heavy atom. The first-order valence-electron chi connectivity index (χ1n) is 8.68. The summed E-state index contributed by atoms with van der Waals surface area (Å²) in [5.74, 6) is -0.0121. The summed E-state index contributed by atoms with van der Waals surface area (Å²) >= 11 is 0. The molecule has 128 valence electrons. The van der Waals surface area contributed by atoms with Crippen LogP contribution in [0.15, 0.2) is 60.8 Å². The van der Waals surface area contributed by atoms with Gasteiger partial charge in [-0.2, -0.15) is 0 Å². The first-order valence-corrected chi connectivity index (χ1v) is 8.68. The summed E-state index contributed by atoms with van der Waals surface area (Å²) in [6.07, 6.45) is 2.76. The fourth-order valence-electron chi connectivity index (χ4n) is 2.81. The average molecular weight is 333 g/mol. The van der Waals surface area contributed by atoms with E-state index < -0.39 is 0 Å². The van der Waals surface area contributed by atoms with Crippen molar-refractivity contribution in [2.75, 3.05) is 6.54 Å². The maximum absolute atomic E-state index is 12.1. The molecule has 0 saturated carbocycles. The number of aromatic nitrogens is 1. The molecule has 0 aliphatic rings. The molecule has 0 bridgehead atoms. The number of hydrogen-bond donors (Lipinski definition) is 2. The lowest BCUT2D eigenvalue weighted by molar-refractivity contribution is 0.0953. The van der Waals surface area contributed by atoms with Gasteiger partial charge >= 0.3 is 0 Å². The molecule has 25 heavy (non-hydrogen) atoms. The summed E-state index contributed by atoms with van der Waals surface area (Å²) in [6, 6.07) is 18.0. The number of carbonyl (C=O) groups is 1. The van der Waals surface area contributed by atoms with E-state index in [1.165, 1.54) is 5.56 Å². The van der Waals surface area contributed by atoms with Gasteiger partial charge < -0.3 is 10.6 Å². The summed E-state index contributed by atoms with van der Waals surface area (Å²) in [6.45, 7) is 4.19. The van der Waals surface area contributed by atoms with Crippen LogP contribution in [0.25, 0.3) is 10.9 Å². The zero-order valence-electron chi connectivity index (χ0n) is 14.5. The van der Waals surface area contributed by atoms with E-state index in [0.717, 1.165) is 29.4 Å². The molecule has 0 fully saturated rings. The summed E-state index contributed by atoms with van der Waals surface area (Å²) in [5, 5.41) is 7.51. The second kappa shape index (κ2) is 8.40. The van der Waals surface area contributed by atoms with Gasteiger partial charge in [0.1, 0.15) is 0 Å². The number of hydrogen-bond acceptors (Lipinski definition) is 3. The number of benzene rings is 2. The third kappa shape index (κ3) is 4.43. The maximum Gasteiger partial charge on any atom is 0.251 e. The summed E-state index contributed by atoms with van der Waals surface area (Å²) in [7, 11) is 0. The Bertz CT molecular complexity index is 855. The lowest BCUT2D eigenvalue weighted by atomic mass is 10.1. The van der Waals surface area contributed by atoms with Crippen LogP contribution in [0.1, 0.15) is 34.8 Å². The largest absolute Gasteiger partial charge is 0.352 e. The van der Waals surface area contributed by atoms with Crippen LogP contribution in [-0.4, -0.2) is 17.4 Å². The van der Waals surface area contributed by atoms with Crippen molar-refractivity contribution in [2.24, 2.45) is 0 Å². The predicted molar refractivity (Wildman–Crippen MR) is 101 cm³/mol. The van der Waals surface area contributed by atoms with Crippen LogP contribution in [0.5, 0.6) is 0 Å². The van der Waals surface area contributed by atoms with Crippen molar-refractivity contribution in [1.29, 1.82) is 0 Å². The molecule has 0 saturated heterocycles. The van der Waals surface area contributed by atoms with Crippen molar-refractivity contribution < 1.29 is 4.79 Å². The molecule has 3 aromatic rings. The van der Waals surface area contributed by atoms with Crippen LogP contribution >= 0.6 is 0 Å².